The summed E-state index contributed by atoms with van der Waals surface area (Å²) < 4.78 is 0. The molecule has 1 aromatic carbocycles. The molecule has 1 aliphatic carbocycles. The Labute approximate surface area is 116 Å². The molecule has 106 valence electrons. The van der Waals surface area contributed by atoms with Crippen LogP contribution >= 0.6 is 0 Å². The van der Waals surface area contributed by atoms with Gasteiger partial charge in [-0.2, -0.15) is 0 Å². The minimum atomic E-state index is -1.15. The molecule has 0 unspecified atom stereocenters. The van der Waals surface area contributed by atoms with Crippen LogP contribution in [0.15, 0.2) is 24.3 Å². The van der Waals surface area contributed by atoms with E-state index >= 15 is 0 Å². The van der Waals surface area contributed by atoms with Crippen molar-refractivity contribution >= 4 is 17.8 Å². The van der Waals surface area contributed by atoms with Gasteiger partial charge in [0.2, 0.25) is 5.91 Å². The van der Waals surface area contributed by atoms with Crippen LogP contribution in [0.2, 0.25) is 0 Å². The van der Waals surface area contributed by atoms with Gasteiger partial charge in [0.05, 0.1) is 11.1 Å². The number of nitrogens with one attached hydrogen (secondary N) is 2. The first-order chi connectivity index (χ1) is 9.58. The van der Waals surface area contributed by atoms with Crippen LogP contribution in [0.25, 0.3) is 0 Å². The number of amides is 2. The average Bonchev–Trinajstić information content (AvgIpc) is 3.22. The quantitative estimate of drug-likeness (QED) is 0.715. The van der Waals surface area contributed by atoms with Crippen LogP contribution in [0.1, 0.15) is 40.0 Å². The zero-order chi connectivity index (χ0) is 14.5. The summed E-state index contributed by atoms with van der Waals surface area (Å²) in [5.74, 6) is -1.73. The second kappa shape index (κ2) is 6.18. The highest BCUT2D eigenvalue weighted by atomic mass is 16.4. The molecule has 6 nitrogen and oxygen atoms in total. The van der Waals surface area contributed by atoms with E-state index in [0.29, 0.717) is 6.04 Å². The van der Waals surface area contributed by atoms with E-state index in [9.17, 15) is 14.4 Å². The molecule has 1 fully saturated rings. The normalized spacial score (nSPS) is 13.6. The van der Waals surface area contributed by atoms with Gasteiger partial charge in [-0.25, -0.2) is 4.79 Å². The Morgan fingerprint density at radius 1 is 1.15 bits per heavy atom. The molecular weight excluding hydrogens is 260 g/mol. The minimum absolute atomic E-state index is 0.0487. The maximum Gasteiger partial charge on any atom is 0.336 e. The van der Waals surface area contributed by atoms with Crippen molar-refractivity contribution < 1.29 is 19.5 Å². The smallest absolute Gasteiger partial charge is 0.336 e. The van der Waals surface area contributed by atoms with Gasteiger partial charge < -0.3 is 15.7 Å². The summed E-state index contributed by atoms with van der Waals surface area (Å²) in [6.07, 6.45) is 2.23. The topological polar surface area (TPSA) is 95.5 Å². The highest BCUT2D eigenvalue weighted by molar-refractivity contribution is 6.04. The van der Waals surface area contributed by atoms with Gasteiger partial charge in [0.15, 0.2) is 0 Å². The van der Waals surface area contributed by atoms with Crippen molar-refractivity contribution in [3.8, 4) is 0 Å². The van der Waals surface area contributed by atoms with Crippen molar-refractivity contribution in [1.29, 1.82) is 0 Å². The standard InChI is InChI=1S/C14H16N2O4/c17-12(16-9-5-6-9)7-8-15-13(18)10-3-1-2-4-11(10)14(19)20/h1-4,9H,5-8H2,(H,15,18)(H,16,17)(H,19,20). The lowest BCUT2D eigenvalue weighted by Gasteiger charge is -2.07. The largest absolute Gasteiger partial charge is 0.478 e. The molecule has 3 N–H and O–H groups in total. The Kier molecular flexibility index (Phi) is 4.34. The van der Waals surface area contributed by atoms with E-state index in [0.717, 1.165) is 12.8 Å². The number of hydrogen-bond donors (Lipinski definition) is 3. The number of rotatable bonds is 6. The van der Waals surface area contributed by atoms with Crippen LogP contribution < -0.4 is 10.6 Å². The third-order valence-corrected chi connectivity index (χ3v) is 2.98. The van der Waals surface area contributed by atoms with E-state index in [-0.39, 0.29) is 30.0 Å². The summed E-state index contributed by atoms with van der Waals surface area (Å²) in [4.78, 5) is 34.3. The van der Waals surface area contributed by atoms with E-state index < -0.39 is 11.9 Å². The molecule has 20 heavy (non-hydrogen) atoms. The Bertz CT molecular complexity index is 538. The fraction of sp³-hybridized carbons (Fsp3) is 0.357. The lowest BCUT2D eigenvalue weighted by atomic mass is 10.1. The summed E-state index contributed by atoms with van der Waals surface area (Å²) in [7, 11) is 0. The molecule has 2 amide bonds. The van der Waals surface area contributed by atoms with Crippen molar-refractivity contribution in [2.24, 2.45) is 0 Å². The molecule has 0 heterocycles. The molecule has 1 saturated carbocycles. The highest BCUT2D eigenvalue weighted by Gasteiger charge is 2.23. The predicted octanol–water partition coefficient (Wildman–Crippen LogP) is 0.783. The summed E-state index contributed by atoms with van der Waals surface area (Å²) in [5, 5.41) is 14.4. The maximum absolute atomic E-state index is 11.9. The fourth-order valence-corrected chi connectivity index (χ4v) is 1.78. The number of carbonyl (C=O) groups is 3. The fourth-order valence-electron chi connectivity index (χ4n) is 1.78. The average molecular weight is 276 g/mol. The zero-order valence-electron chi connectivity index (χ0n) is 10.9. The monoisotopic (exact) mass is 276 g/mol. The van der Waals surface area contributed by atoms with Crippen molar-refractivity contribution in [1.82, 2.24) is 10.6 Å². The number of benzene rings is 1. The number of aromatic carboxylic acids is 1. The summed E-state index contributed by atoms with van der Waals surface area (Å²) in [5.41, 5.74) is 0.0510. The lowest BCUT2D eigenvalue weighted by molar-refractivity contribution is -0.121. The van der Waals surface area contributed by atoms with Gasteiger partial charge in [-0.15, -0.1) is 0 Å². The molecule has 1 aliphatic rings. The van der Waals surface area contributed by atoms with E-state index in [1.54, 1.807) is 12.1 Å². The number of carboxylic acid groups (broad SMARTS) is 1. The van der Waals surface area contributed by atoms with Gasteiger partial charge in [-0.1, -0.05) is 12.1 Å². The molecule has 2 rings (SSSR count). The van der Waals surface area contributed by atoms with Gasteiger partial charge >= 0.3 is 5.97 Å². The molecule has 0 bridgehead atoms. The Morgan fingerprint density at radius 2 is 1.80 bits per heavy atom. The first kappa shape index (κ1) is 14.0. The van der Waals surface area contributed by atoms with E-state index in [1.807, 2.05) is 0 Å². The maximum atomic E-state index is 11.9. The molecule has 6 heteroatoms. The Hall–Kier alpha value is -2.37. The first-order valence-electron chi connectivity index (χ1n) is 6.48. The van der Waals surface area contributed by atoms with Crippen LogP contribution in [-0.2, 0) is 4.79 Å². The van der Waals surface area contributed by atoms with Crippen LogP contribution in [0, 0.1) is 0 Å². The van der Waals surface area contributed by atoms with Gasteiger partial charge in [0.25, 0.3) is 5.91 Å². The first-order valence-corrected chi connectivity index (χ1v) is 6.48. The third kappa shape index (κ3) is 3.81. The third-order valence-electron chi connectivity index (χ3n) is 2.98. The van der Waals surface area contributed by atoms with Gasteiger partial charge in [-0.3, -0.25) is 9.59 Å². The predicted molar refractivity (Wildman–Crippen MR) is 71.5 cm³/mol. The van der Waals surface area contributed by atoms with Crippen LogP contribution in [0.3, 0.4) is 0 Å². The molecular formula is C14H16N2O4. The summed E-state index contributed by atoms with van der Waals surface area (Å²) in [6.45, 7) is 0.186. The van der Waals surface area contributed by atoms with Crippen molar-refractivity contribution in [3.63, 3.8) is 0 Å². The van der Waals surface area contributed by atoms with Crippen LogP contribution in [0.5, 0.6) is 0 Å². The molecule has 1 aromatic rings. The lowest BCUT2D eigenvalue weighted by Crippen LogP contribution is -2.32. The van der Waals surface area contributed by atoms with Gasteiger partial charge in [0, 0.05) is 19.0 Å². The van der Waals surface area contributed by atoms with Crippen LogP contribution in [0.4, 0.5) is 0 Å². The van der Waals surface area contributed by atoms with E-state index in [1.165, 1.54) is 12.1 Å². The van der Waals surface area contributed by atoms with Gasteiger partial charge in [-0.05, 0) is 25.0 Å². The number of hydrogen-bond acceptors (Lipinski definition) is 3. The number of carbonyl (C=O) groups excluding carboxylic acids is 2. The van der Waals surface area contributed by atoms with Gasteiger partial charge in [0.1, 0.15) is 0 Å². The summed E-state index contributed by atoms with van der Waals surface area (Å²) in [6, 6.07) is 6.27. The Morgan fingerprint density at radius 3 is 2.40 bits per heavy atom. The zero-order valence-corrected chi connectivity index (χ0v) is 10.9. The second-order valence-electron chi connectivity index (χ2n) is 4.70. The molecule has 0 spiro atoms. The van der Waals surface area contributed by atoms with Crippen LogP contribution in [-0.4, -0.2) is 35.5 Å². The number of carboxylic acids is 1. The second-order valence-corrected chi connectivity index (χ2v) is 4.70. The van der Waals surface area contributed by atoms with E-state index in [2.05, 4.69) is 10.6 Å². The minimum Gasteiger partial charge on any atom is -0.478 e. The molecule has 0 radical (unpaired) electrons. The molecule has 0 saturated heterocycles. The van der Waals surface area contributed by atoms with Crippen molar-refractivity contribution in [3.05, 3.63) is 35.4 Å². The molecule has 0 aliphatic heterocycles. The molecule has 0 aromatic heterocycles. The summed E-state index contributed by atoms with van der Waals surface area (Å²) >= 11 is 0. The van der Waals surface area contributed by atoms with E-state index in [4.69, 9.17) is 5.11 Å². The highest BCUT2D eigenvalue weighted by Crippen LogP contribution is 2.18. The molecule has 0 atom stereocenters. The Balaban J connectivity index is 1.85. The van der Waals surface area contributed by atoms with Crippen molar-refractivity contribution in [2.45, 2.75) is 25.3 Å². The van der Waals surface area contributed by atoms with Crippen molar-refractivity contribution in [2.75, 3.05) is 6.54 Å². The SMILES string of the molecule is O=C(CCNC(=O)c1ccccc1C(=O)O)NC1CC1.